The van der Waals surface area contributed by atoms with Gasteiger partial charge < -0.3 is 4.72 Å². The lowest BCUT2D eigenvalue weighted by Gasteiger charge is -2.05. The highest BCUT2D eigenvalue weighted by Crippen LogP contribution is 2.07. The van der Waals surface area contributed by atoms with Crippen LogP contribution in [0.3, 0.4) is 0 Å². The molecule has 0 fully saturated rings. The highest BCUT2D eigenvalue weighted by atomic mass is 32.2. The van der Waals surface area contributed by atoms with E-state index in [0.29, 0.717) is 5.75 Å². The highest BCUT2D eigenvalue weighted by molar-refractivity contribution is 7.86. The second kappa shape index (κ2) is 6.21. The Hall–Kier alpha value is -1.61. The van der Waals surface area contributed by atoms with Gasteiger partial charge in [-0.25, -0.2) is 4.21 Å². The molecule has 1 atom stereocenters. The largest absolute Gasteiger partial charge is 0.305 e. The first-order chi connectivity index (χ1) is 8.34. The first-order valence-electron chi connectivity index (χ1n) is 5.58. The first-order valence-corrected chi connectivity index (χ1v) is 6.90. The Labute approximate surface area is 104 Å². The van der Waals surface area contributed by atoms with Crippen LogP contribution in [0.25, 0.3) is 0 Å². The molecule has 0 amide bonds. The molecular weight excluding hydrogens is 230 g/mol. The molecule has 2 aromatic carbocycles. The van der Waals surface area contributed by atoms with Crippen LogP contribution in [0.15, 0.2) is 60.7 Å². The van der Waals surface area contributed by atoms with Gasteiger partial charge in [0.25, 0.3) is 0 Å². The fourth-order valence-corrected chi connectivity index (χ4v) is 2.47. The van der Waals surface area contributed by atoms with Crippen LogP contribution in [0.4, 0.5) is 5.69 Å². The van der Waals surface area contributed by atoms with Gasteiger partial charge in [-0.1, -0.05) is 48.5 Å². The van der Waals surface area contributed by atoms with Gasteiger partial charge in [0, 0.05) is 11.4 Å². The van der Waals surface area contributed by atoms with E-state index < -0.39 is 11.0 Å². The predicted octanol–water partition coefficient (Wildman–Crippen LogP) is 3.00. The van der Waals surface area contributed by atoms with Gasteiger partial charge in [-0.05, 0) is 24.1 Å². The van der Waals surface area contributed by atoms with Gasteiger partial charge in [-0.2, -0.15) is 0 Å². The van der Waals surface area contributed by atoms with Crippen molar-refractivity contribution >= 4 is 16.7 Å². The Morgan fingerprint density at radius 3 is 2.12 bits per heavy atom. The molecule has 0 aliphatic heterocycles. The smallest absolute Gasteiger partial charge is 0.117 e. The molecule has 0 unspecified atom stereocenters. The Kier molecular flexibility index (Phi) is 4.33. The third kappa shape index (κ3) is 4.04. The van der Waals surface area contributed by atoms with Crippen LogP contribution >= 0.6 is 0 Å². The van der Waals surface area contributed by atoms with E-state index in [4.69, 9.17) is 0 Å². The van der Waals surface area contributed by atoms with Crippen molar-refractivity contribution in [2.75, 3.05) is 10.5 Å². The minimum Gasteiger partial charge on any atom is -0.305 e. The SMILES string of the molecule is O=[S@](CCc1ccccc1)Nc1ccccc1. The Balaban J connectivity index is 1.83. The van der Waals surface area contributed by atoms with E-state index in [1.54, 1.807) is 0 Å². The van der Waals surface area contributed by atoms with E-state index in [1.165, 1.54) is 5.56 Å². The van der Waals surface area contributed by atoms with Gasteiger partial charge in [-0.3, -0.25) is 0 Å². The number of benzene rings is 2. The number of aryl methyl sites for hydroxylation is 1. The third-order valence-electron chi connectivity index (χ3n) is 2.42. The quantitative estimate of drug-likeness (QED) is 0.862. The molecule has 0 aliphatic carbocycles. The van der Waals surface area contributed by atoms with Crippen molar-refractivity contribution in [2.24, 2.45) is 0 Å². The lowest BCUT2D eigenvalue weighted by molar-refractivity contribution is 0.685. The van der Waals surface area contributed by atoms with Crippen molar-refractivity contribution < 1.29 is 4.21 Å². The number of nitrogens with one attached hydrogen (secondary N) is 1. The number of para-hydroxylation sites is 1. The average Bonchev–Trinajstić information content (AvgIpc) is 2.39. The van der Waals surface area contributed by atoms with Gasteiger partial charge in [-0.15, -0.1) is 0 Å². The summed E-state index contributed by atoms with van der Waals surface area (Å²) in [6, 6.07) is 19.7. The lowest BCUT2D eigenvalue weighted by Crippen LogP contribution is -2.10. The summed E-state index contributed by atoms with van der Waals surface area (Å²) >= 11 is 0. The van der Waals surface area contributed by atoms with Crippen LogP contribution in [0, 0.1) is 0 Å². The van der Waals surface area contributed by atoms with Crippen molar-refractivity contribution in [3.8, 4) is 0 Å². The van der Waals surface area contributed by atoms with Crippen LogP contribution in [0.1, 0.15) is 5.56 Å². The number of rotatable bonds is 5. The van der Waals surface area contributed by atoms with Crippen LogP contribution < -0.4 is 4.72 Å². The zero-order chi connectivity index (χ0) is 11.9. The topological polar surface area (TPSA) is 29.1 Å². The molecule has 0 heterocycles. The molecule has 2 nitrogen and oxygen atoms in total. The van der Waals surface area contributed by atoms with Gasteiger partial charge >= 0.3 is 0 Å². The Morgan fingerprint density at radius 2 is 1.47 bits per heavy atom. The molecule has 0 aliphatic rings. The number of hydrogen-bond donors (Lipinski definition) is 1. The monoisotopic (exact) mass is 245 g/mol. The molecule has 88 valence electrons. The summed E-state index contributed by atoms with van der Waals surface area (Å²) < 4.78 is 14.8. The molecule has 0 bridgehead atoms. The van der Waals surface area contributed by atoms with Gasteiger partial charge in [0.05, 0.1) is 0 Å². The van der Waals surface area contributed by atoms with Gasteiger partial charge in [0.2, 0.25) is 0 Å². The van der Waals surface area contributed by atoms with E-state index in [2.05, 4.69) is 16.9 Å². The van der Waals surface area contributed by atoms with Crippen molar-refractivity contribution in [1.82, 2.24) is 0 Å². The summed E-state index contributed by atoms with van der Waals surface area (Å²) in [5.74, 6) is 0.624. The van der Waals surface area contributed by atoms with Crippen molar-refractivity contribution in [2.45, 2.75) is 6.42 Å². The van der Waals surface area contributed by atoms with Crippen molar-refractivity contribution in [3.63, 3.8) is 0 Å². The van der Waals surface area contributed by atoms with Gasteiger partial charge in [0.1, 0.15) is 11.0 Å². The molecule has 2 rings (SSSR count). The van der Waals surface area contributed by atoms with Crippen molar-refractivity contribution in [3.05, 3.63) is 66.2 Å². The zero-order valence-corrected chi connectivity index (χ0v) is 10.3. The molecule has 3 heteroatoms. The summed E-state index contributed by atoms with van der Waals surface area (Å²) in [4.78, 5) is 0. The molecule has 0 saturated heterocycles. The summed E-state index contributed by atoms with van der Waals surface area (Å²) in [6.45, 7) is 0. The van der Waals surface area contributed by atoms with Crippen LogP contribution in [0.2, 0.25) is 0 Å². The fraction of sp³-hybridized carbons (Fsp3) is 0.143. The normalized spacial score (nSPS) is 12.0. The maximum Gasteiger partial charge on any atom is 0.117 e. The molecule has 1 N–H and O–H groups in total. The van der Waals surface area contributed by atoms with Crippen LogP contribution in [-0.4, -0.2) is 9.96 Å². The van der Waals surface area contributed by atoms with Gasteiger partial charge in [0.15, 0.2) is 0 Å². The van der Waals surface area contributed by atoms with E-state index in [0.717, 1.165) is 12.1 Å². The minimum absolute atomic E-state index is 0.624. The molecule has 17 heavy (non-hydrogen) atoms. The average molecular weight is 245 g/mol. The Morgan fingerprint density at radius 1 is 0.882 bits per heavy atom. The van der Waals surface area contributed by atoms with Crippen molar-refractivity contribution in [1.29, 1.82) is 0 Å². The Bertz CT molecular complexity index is 470. The predicted molar refractivity (Wildman–Crippen MR) is 73.2 cm³/mol. The summed E-state index contributed by atoms with van der Waals surface area (Å²) in [6.07, 6.45) is 0.827. The second-order valence-electron chi connectivity index (χ2n) is 3.75. The second-order valence-corrected chi connectivity index (χ2v) is 5.06. The summed E-state index contributed by atoms with van der Waals surface area (Å²) in [5.41, 5.74) is 2.12. The van der Waals surface area contributed by atoms with E-state index in [1.807, 2.05) is 48.5 Å². The fourth-order valence-electron chi connectivity index (χ4n) is 1.54. The zero-order valence-electron chi connectivity index (χ0n) is 9.50. The number of hydrogen-bond acceptors (Lipinski definition) is 1. The molecular formula is C14H15NOS. The highest BCUT2D eigenvalue weighted by Gasteiger charge is 2.00. The minimum atomic E-state index is -1.02. The van der Waals surface area contributed by atoms with E-state index in [9.17, 15) is 4.21 Å². The maximum absolute atomic E-state index is 11.8. The molecule has 0 saturated carbocycles. The summed E-state index contributed by atoms with van der Waals surface area (Å²) in [7, 11) is -1.02. The third-order valence-corrected chi connectivity index (χ3v) is 3.46. The first kappa shape index (κ1) is 11.9. The molecule has 0 aromatic heterocycles. The number of anilines is 1. The van der Waals surface area contributed by atoms with E-state index in [-0.39, 0.29) is 0 Å². The summed E-state index contributed by atoms with van der Waals surface area (Å²) in [5, 5.41) is 0. The molecule has 0 spiro atoms. The lowest BCUT2D eigenvalue weighted by atomic mass is 10.2. The van der Waals surface area contributed by atoms with Crippen LogP contribution in [0.5, 0.6) is 0 Å². The maximum atomic E-state index is 11.8. The molecule has 0 radical (unpaired) electrons. The molecule has 2 aromatic rings. The van der Waals surface area contributed by atoms with Crippen LogP contribution in [-0.2, 0) is 17.4 Å². The van der Waals surface area contributed by atoms with E-state index >= 15 is 0 Å². The standard InChI is InChI=1S/C14H15NOS/c16-17(15-14-9-5-2-6-10-14)12-11-13-7-3-1-4-8-13/h1-10,15H,11-12H2/t17-/m1/s1.